The van der Waals surface area contributed by atoms with Gasteiger partial charge in [0.1, 0.15) is 5.56 Å². The van der Waals surface area contributed by atoms with Crippen molar-refractivity contribution in [2.24, 2.45) is 7.05 Å². The van der Waals surface area contributed by atoms with E-state index in [4.69, 9.17) is 0 Å². The molecule has 3 heterocycles. The van der Waals surface area contributed by atoms with E-state index in [2.05, 4.69) is 20.3 Å². The number of nitrogens with one attached hydrogen (secondary N) is 2. The zero-order valence-corrected chi connectivity index (χ0v) is 16.7. The Labute approximate surface area is 167 Å². The van der Waals surface area contributed by atoms with Crippen LogP contribution in [0.3, 0.4) is 0 Å². The summed E-state index contributed by atoms with van der Waals surface area (Å²) in [6, 6.07) is 3.32. The monoisotopic (exact) mass is 402 g/mol. The molecule has 0 aliphatic carbocycles. The van der Waals surface area contributed by atoms with Gasteiger partial charge in [-0.1, -0.05) is 6.42 Å². The second-order valence-corrected chi connectivity index (χ2v) is 7.30. The average molecular weight is 402 g/mol. The van der Waals surface area contributed by atoms with Gasteiger partial charge in [-0.25, -0.2) is 9.48 Å². The lowest BCUT2D eigenvalue weighted by Crippen LogP contribution is -2.49. The van der Waals surface area contributed by atoms with Crippen molar-refractivity contribution in [2.75, 3.05) is 19.6 Å². The summed E-state index contributed by atoms with van der Waals surface area (Å²) in [5, 5.41) is 7.07. The molecule has 0 saturated carbocycles. The maximum atomic E-state index is 12.4. The predicted octanol–water partition coefficient (Wildman–Crippen LogP) is -0.777. The first-order valence-electron chi connectivity index (χ1n) is 9.72. The Bertz CT molecular complexity index is 1050. The summed E-state index contributed by atoms with van der Waals surface area (Å²) >= 11 is 0. The molecule has 1 aliphatic heterocycles. The molecule has 0 bridgehead atoms. The van der Waals surface area contributed by atoms with Crippen LogP contribution in [0.1, 0.15) is 35.3 Å². The molecule has 10 heteroatoms. The molecule has 1 saturated heterocycles. The van der Waals surface area contributed by atoms with Crippen molar-refractivity contribution in [2.45, 2.75) is 38.8 Å². The molecule has 1 atom stereocenters. The minimum atomic E-state index is -0.628. The van der Waals surface area contributed by atoms with E-state index in [-0.39, 0.29) is 17.2 Å². The predicted molar refractivity (Wildman–Crippen MR) is 107 cm³/mol. The van der Waals surface area contributed by atoms with Crippen LogP contribution >= 0.6 is 0 Å². The lowest BCUT2D eigenvalue weighted by Gasteiger charge is -2.35. The van der Waals surface area contributed by atoms with Gasteiger partial charge in [-0.2, -0.15) is 5.10 Å². The van der Waals surface area contributed by atoms with Crippen molar-refractivity contribution in [1.29, 1.82) is 0 Å². The molecule has 1 aliphatic rings. The van der Waals surface area contributed by atoms with Crippen LogP contribution in [0.15, 0.2) is 32.7 Å². The Morgan fingerprint density at radius 2 is 2.03 bits per heavy atom. The molecule has 2 aromatic heterocycles. The number of carbonyl (C=O) groups is 1. The summed E-state index contributed by atoms with van der Waals surface area (Å²) in [4.78, 5) is 52.5. The van der Waals surface area contributed by atoms with Crippen molar-refractivity contribution in [3.05, 3.63) is 60.8 Å². The van der Waals surface area contributed by atoms with Gasteiger partial charge in [0, 0.05) is 38.4 Å². The average Bonchev–Trinajstić information content (AvgIpc) is 2.71. The number of piperidine rings is 1. The summed E-state index contributed by atoms with van der Waals surface area (Å²) in [7, 11) is 1.32. The van der Waals surface area contributed by atoms with Gasteiger partial charge in [0.25, 0.3) is 17.0 Å². The van der Waals surface area contributed by atoms with Crippen LogP contribution in [0.4, 0.5) is 0 Å². The second-order valence-electron chi connectivity index (χ2n) is 7.30. The molecular formula is C19H26N6O4. The molecular weight excluding hydrogens is 376 g/mol. The Balaban J connectivity index is 1.63. The zero-order valence-electron chi connectivity index (χ0n) is 16.7. The van der Waals surface area contributed by atoms with Crippen LogP contribution in [0.2, 0.25) is 0 Å². The number of hydrogen-bond acceptors (Lipinski definition) is 6. The topological polar surface area (TPSA) is 122 Å². The number of rotatable bonds is 6. The van der Waals surface area contributed by atoms with Crippen molar-refractivity contribution in [3.8, 4) is 0 Å². The van der Waals surface area contributed by atoms with Crippen LogP contribution < -0.4 is 22.1 Å². The minimum absolute atomic E-state index is 0.0926. The van der Waals surface area contributed by atoms with E-state index in [1.54, 1.807) is 6.07 Å². The fourth-order valence-electron chi connectivity index (χ4n) is 3.55. The molecule has 2 aromatic rings. The number of aromatic amines is 1. The number of amides is 1. The Hall–Kier alpha value is -3.01. The normalized spacial score (nSPS) is 17.2. The van der Waals surface area contributed by atoms with Gasteiger partial charge in [-0.3, -0.25) is 23.9 Å². The fraction of sp³-hybridized carbons (Fsp3) is 0.526. The van der Waals surface area contributed by atoms with E-state index < -0.39 is 17.2 Å². The molecule has 0 aromatic carbocycles. The second kappa shape index (κ2) is 8.99. The molecule has 0 radical (unpaired) electrons. The first kappa shape index (κ1) is 20.7. The van der Waals surface area contributed by atoms with E-state index in [1.165, 1.54) is 17.8 Å². The number of likely N-dealkylation sites (tertiary alicyclic amines) is 1. The minimum Gasteiger partial charge on any atom is -0.350 e. The van der Waals surface area contributed by atoms with E-state index >= 15 is 0 Å². The van der Waals surface area contributed by atoms with Gasteiger partial charge in [-0.05, 0) is 32.4 Å². The number of aromatic nitrogens is 4. The van der Waals surface area contributed by atoms with Gasteiger partial charge in [-0.15, -0.1) is 0 Å². The molecule has 0 spiro atoms. The molecule has 2 N–H and O–H groups in total. The number of hydrogen-bond donors (Lipinski definition) is 2. The highest BCUT2D eigenvalue weighted by molar-refractivity contribution is 5.93. The van der Waals surface area contributed by atoms with Crippen molar-refractivity contribution in [3.63, 3.8) is 0 Å². The Kier molecular flexibility index (Phi) is 6.42. The summed E-state index contributed by atoms with van der Waals surface area (Å²) in [5.41, 5.74) is -0.632. The van der Waals surface area contributed by atoms with Crippen molar-refractivity contribution < 1.29 is 4.79 Å². The standard InChI is InChI=1S/C19H26N6O4/c1-13-6-7-16(26)25(22-13)10-9-24-8-4-3-5-14(24)11-20-17(27)15-12-21-19(29)23(2)18(15)28/h6-7,12,14H,3-5,8-11H2,1-2H3,(H,20,27)(H,21,29). The van der Waals surface area contributed by atoms with Crippen LogP contribution in [0.25, 0.3) is 0 Å². The first-order chi connectivity index (χ1) is 13.9. The third kappa shape index (κ3) is 4.89. The van der Waals surface area contributed by atoms with E-state index in [0.717, 1.165) is 42.3 Å². The summed E-state index contributed by atoms with van der Waals surface area (Å²) in [6.07, 6.45) is 4.18. The molecule has 10 nitrogen and oxygen atoms in total. The zero-order chi connectivity index (χ0) is 21.0. The highest BCUT2D eigenvalue weighted by atomic mass is 16.2. The van der Waals surface area contributed by atoms with Crippen molar-refractivity contribution in [1.82, 2.24) is 29.5 Å². The molecule has 1 fully saturated rings. The fourth-order valence-corrected chi connectivity index (χ4v) is 3.55. The molecule has 1 unspecified atom stereocenters. The third-order valence-electron chi connectivity index (χ3n) is 5.27. The molecule has 1 amide bonds. The first-order valence-corrected chi connectivity index (χ1v) is 9.72. The third-order valence-corrected chi connectivity index (χ3v) is 5.27. The van der Waals surface area contributed by atoms with E-state index in [1.807, 2.05) is 6.92 Å². The van der Waals surface area contributed by atoms with E-state index in [0.29, 0.717) is 19.6 Å². The maximum absolute atomic E-state index is 12.4. The van der Waals surface area contributed by atoms with Gasteiger partial charge in [0.15, 0.2) is 0 Å². The van der Waals surface area contributed by atoms with Gasteiger partial charge in [0.2, 0.25) is 0 Å². The lowest BCUT2D eigenvalue weighted by molar-refractivity contribution is 0.0906. The highest BCUT2D eigenvalue weighted by Crippen LogP contribution is 2.16. The number of carbonyl (C=O) groups excluding carboxylic acids is 1. The van der Waals surface area contributed by atoms with E-state index in [9.17, 15) is 19.2 Å². The smallest absolute Gasteiger partial charge is 0.328 e. The van der Waals surface area contributed by atoms with Crippen LogP contribution in [-0.4, -0.2) is 55.8 Å². The number of H-pyrrole nitrogens is 1. The highest BCUT2D eigenvalue weighted by Gasteiger charge is 2.23. The molecule has 156 valence electrons. The van der Waals surface area contributed by atoms with Gasteiger partial charge in [0.05, 0.1) is 12.2 Å². The van der Waals surface area contributed by atoms with Crippen LogP contribution in [-0.2, 0) is 13.6 Å². The number of nitrogens with zero attached hydrogens (tertiary/aromatic N) is 4. The van der Waals surface area contributed by atoms with Crippen LogP contribution in [0, 0.1) is 6.92 Å². The van der Waals surface area contributed by atoms with Gasteiger partial charge >= 0.3 is 5.69 Å². The Morgan fingerprint density at radius 3 is 2.83 bits per heavy atom. The largest absolute Gasteiger partial charge is 0.350 e. The SMILES string of the molecule is Cc1ccc(=O)n(CCN2CCCCC2CNC(=O)c2c[nH]c(=O)n(C)c2=O)n1. The molecule has 3 rings (SSSR count). The lowest BCUT2D eigenvalue weighted by atomic mass is 10.0. The molecule has 29 heavy (non-hydrogen) atoms. The quantitative estimate of drug-likeness (QED) is 0.654. The maximum Gasteiger partial charge on any atom is 0.328 e. The van der Waals surface area contributed by atoms with Crippen LogP contribution in [0.5, 0.6) is 0 Å². The van der Waals surface area contributed by atoms with Crippen molar-refractivity contribution >= 4 is 5.91 Å². The van der Waals surface area contributed by atoms with Gasteiger partial charge < -0.3 is 10.3 Å². The summed E-state index contributed by atoms with van der Waals surface area (Å²) in [6.45, 7) is 4.23. The number of aryl methyl sites for hydroxylation is 1. The Morgan fingerprint density at radius 1 is 1.24 bits per heavy atom. The summed E-state index contributed by atoms with van der Waals surface area (Å²) in [5.74, 6) is -0.510. The summed E-state index contributed by atoms with van der Waals surface area (Å²) < 4.78 is 2.33.